The van der Waals surface area contributed by atoms with Gasteiger partial charge in [-0.15, -0.1) is 0 Å². The predicted molar refractivity (Wildman–Crippen MR) is 90.2 cm³/mol. The standard InChI is InChI=1S/C19H19N3O/c1-14-7-5-10-18(15(14)2)23-13-19-21-16-8-3-4-9-17(16)22(19)12-6-11-20/h3-5,7-10H,6,12-13H2,1-2H3. The highest BCUT2D eigenvalue weighted by atomic mass is 16.5. The molecular weight excluding hydrogens is 286 g/mol. The zero-order valence-electron chi connectivity index (χ0n) is 13.4. The number of aryl methyl sites for hydroxylation is 2. The van der Waals surface area contributed by atoms with Crippen molar-refractivity contribution in [1.29, 1.82) is 5.26 Å². The minimum Gasteiger partial charge on any atom is -0.485 e. The summed E-state index contributed by atoms with van der Waals surface area (Å²) in [4.78, 5) is 4.66. The smallest absolute Gasteiger partial charge is 0.148 e. The number of rotatable bonds is 5. The van der Waals surface area contributed by atoms with Crippen molar-refractivity contribution in [2.24, 2.45) is 0 Å². The van der Waals surface area contributed by atoms with E-state index in [9.17, 15) is 0 Å². The summed E-state index contributed by atoms with van der Waals surface area (Å²) in [5, 5.41) is 8.89. The lowest BCUT2D eigenvalue weighted by Gasteiger charge is -2.12. The number of para-hydroxylation sites is 2. The van der Waals surface area contributed by atoms with Crippen LogP contribution in [-0.4, -0.2) is 9.55 Å². The summed E-state index contributed by atoms with van der Waals surface area (Å²) in [7, 11) is 0. The van der Waals surface area contributed by atoms with Gasteiger partial charge in [-0.1, -0.05) is 24.3 Å². The summed E-state index contributed by atoms with van der Waals surface area (Å²) < 4.78 is 8.06. The van der Waals surface area contributed by atoms with Gasteiger partial charge in [-0.2, -0.15) is 5.26 Å². The molecule has 0 saturated heterocycles. The Morgan fingerprint density at radius 1 is 1.13 bits per heavy atom. The maximum Gasteiger partial charge on any atom is 0.148 e. The summed E-state index contributed by atoms with van der Waals surface area (Å²) in [5.41, 5.74) is 4.33. The van der Waals surface area contributed by atoms with Crippen LogP contribution in [0.25, 0.3) is 11.0 Å². The third-order valence-corrected chi connectivity index (χ3v) is 4.09. The Bertz CT molecular complexity index is 874. The molecule has 0 saturated carbocycles. The van der Waals surface area contributed by atoms with E-state index in [1.54, 1.807) is 0 Å². The molecule has 23 heavy (non-hydrogen) atoms. The van der Waals surface area contributed by atoms with E-state index in [4.69, 9.17) is 10.00 Å². The largest absolute Gasteiger partial charge is 0.485 e. The van der Waals surface area contributed by atoms with Crippen LogP contribution in [0.4, 0.5) is 0 Å². The average Bonchev–Trinajstić information content (AvgIpc) is 2.92. The van der Waals surface area contributed by atoms with E-state index in [1.807, 2.05) is 36.4 Å². The van der Waals surface area contributed by atoms with Gasteiger partial charge >= 0.3 is 0 Å². The lowest BCUT2D eigenvalue weighted by Crippen LogP contribution is -2.08. The van der Waals surface area contributed by atoms with Crippen LogP contribution >= 0.6 is 0 Å². The molecule has 0 radical (unpaired) electrons. The van der Waals surface area contributed by atoms with Crippen LogP contribution in [0.3, 0.4) is 0 Å². The molecule has 0 spiro atoms. The number of hydrogen-bond acceptors (Lipinski definition) is 3. The molecule has 3 aromatic rings. The molecule has 1 heterocycles. The number of nitrogens with zero attached hydrogens (tertiary/aromatic N) is 3. The Labute approximate surface area is 136 Å². The van der Waals surface area contributed by atoms with Crippen molar-refractivity contribution >= 4 is 11.0 Å². The van der Waals surface area contributed by atoms with Gasteiger partial charge in [0.05, 0.1) is 23.5 Å². The van der Waals surface area contributed by atoms with Crippen LogP contribution in [-0.2, 0) is 13.2 Å². The first-order chi connectivity index (χ1) is 11.2. The van der Waals surface area contributed by atoms with Crippen molar-refractivity contribution < 1.29 is 4.74 Å². The first-order valence-electron chi connectivity index (χ1n) is 7.71. The number of aromatic nitrogens is 2. The fourth-order valence-electron chi connectivity index (χ4n) is 2.67. The molecule has 4 heteroatoms. The van der Waals surface area contributed by atoms with Crippen LogP contribution in [0.1, 0.15) is 23.4 Å². The average molecular weight is 305 g/mol. The van der Waals surface area contributed by atoms with E-state index in [1.165, 1.54) is 5.56 Å². The molecule has 116 valence electrons. The molecule has 0 amide bonds. The van der Waals surface area contributed by atoms with E-state index in [0.717, 1.165) is 28.2 Å². The maximum atomic E-state index is 8.89. The first-order valence-corrected chi connectivity index (χ1v) is 7.71. The third-order valence-electron chi connectivity index (χ3n) is 4.09. The summed E-state index contributed by atoms with van der Waals surface area (Å²) >= 11 is 0. The molecular formula is C19H19N3O. The Balaban J connectivity index is 1.90. The van der Waals surface area contributed by atoms with Gasteiger partial charge < -0.3 is 9.30 Å². The van der Waals surface area contributed by atoms with Crippen LogP contribution in [0, 0.1) is 25.2 Å². The van der Waals surface area contributed by atoms with Gasteiger partial charge in [0.2, 0.25) is 0 Å². The fraction of sp³-hybridized carbons (Fsp3) is 0.263. The second-order valence-electron chi connectivity index (χ2n) is 5.56. The Morgan fingerprint density at radius 2 is 1.96 bits per heavy atom. The zero-order chi connectivity index (χ0) is 16.2. The topological polar surface area (TPSA) is 50.8 Å². The number of nitriles is 1. The van der Waals surface area contributed by atoms with Gasteiger partial charge in [-0.05, 0) is 43.2 Å². The normalized spacial score (nSPS) is 10.7. The van der Waals surface area contributed by atoms with E-state index in [0.29, 0.717) is 19.6 Å². The monoisotopic (exact) mass is 305 g/mol. The molecule has 0 bridgehead atoms. The maximum absolute atomic E-state index is 8.89. The number of fused-ring (bicyclic) bond motifs is 1. The van der Waals surface area contributed by atoms with Gasteiger partial charge in [-0.25, -0.2) is 4.98 Å². The molecule has 0 aliphatic heterocycles. The fourth-order valence-corrected chi connectivity index (χ4v) is 2.67. The SMILES string of the molecule is Cc1cccc(OCc2nc3ccccc3n2CCC#N)c1C. The van der Waals surface area contributed by atoms with Crippen molar-refractivity contribution in [3.8, 4) is 11.8 Å². The minimum atomic E-state index is 0.393. The molecule has 0 fully saturated rings. The third kappa shape index (κ3) is 3.04. The molecule has 2 aromatic carbocycles. The number of ether oxygens (including phenoxy) is 1. The van der Waals surface area contributed by atoms with Gasteiger partial charge in [0.25, 0.3) is 0 Å². The van der Waals surface area contributed by atoms with E-state index in [-0.39, 0.29) is 0 Å². The van der Waals surface area contributed by atoms with Crippen molar-refractivity contribution in [2.45, 2.75) is 33.4 Å². The summed E-state index contributed by atoms with van der Waals surface area (Å²) in [6.45, 7) is 5.15. The van der Waals surface area contributed by atoms with Crippen LogP contribution < -0.4 is 4.74 Å². The summed E-state index contributed by atoms with van der Waals surface area (Å²) in [6, 6.07) is 16.2. The van der Waals surface area contributed by atoms with Crippen molar-refractivity contribution in [3.05, 3.63) is 59.4 Å². The minimum absolute atomic E-state index is 0.393. The molecule has 0 aliphatic rings. The van der Waals surface area contributed by atoms with E-state index < -0.39 is 0 Å². The molecule has 4 nitrogen and oxygen atoms in total. The van der Waals surface area contributed by atoms with Crippen LogP contribution in [0.5, 0.6) is 5.75 Å². The van der Waals surface area contributed by atoms with Crippen LogP contribution in [0.2, 0.25) is 0 Å². The van der Waals surface area contributed by atoms with E-state index in [2.05, 4.69) is 35.5 Å². The summed E-state index contributed by atoms with van der Waals surface area (Å²) in [5.74, 6) is 1.73. The van der Waals surface area contributed by atoms with Crippen molar-refractivity contribution in [2.75, 3.05) is 0 Å². The molecule has 0 aliphatic carbocycles. The first kappa shape index (κ1) is 15.1. The lowest BCUT2D eigenvalue weighted by molar-refractivity contribution is 0.288. The Morgan fingerprint density at radius 3 is 2.78 bits per heavy atom. The van der Waals surface area contributed by atoms with Gasteiger partial charge in [-0.3, -0.25) is 0 Å². The quantitative estimate of drug-likeness (QED) is 0.711. The lowest BCUT2D eigenvalue weighted by atomic mass is 10.1. The zero-order valence-corrected chi connectivity index (χ0v) is 13.4. The highest BCUT2D eigenvalue weighted by Crippen LogP contribution is 2.23. The molecule has 0 unspecified atom stereocenters. The number of benzene rings is 2. The molecule has 1 aromatic heterocycles. The van der Waals surface area contributed by atoms with Gasteiger partial charge in [0, 0.05) is 6.54 Å². The van der Waals surface area contributed by atoms with Crippen LogP contribution in [0.15, 0.2) is 42.5 Å². The van der Waals surface area contributed by atoms with Gasteiger partial charge in [0.15, 0.2) is 0 Å². The van der Waals surface area contributed by atoms with Gasteiger partial charge in [0.1, 0.15) is 18.2 Å². The van der Waals surface area contributed by atoms with Crippen molar-refractivity contribution in [3.63, 3.8) is 0 Å². The highest BCUT2D eigenvalue weighted by molar-refractivity contribution is 5.75. The number of hydrogen-bond donors (Lipinski definition) is 0. The molecule has 3 rings (SSSR count). The second kappa shape index (κ2) is 6.53. The predicted octanol–water partition coefficient (Wildman–Crippen LogP) is 4.15. The second-order valence-corrected chi connectivity index (χ2v) is 5.56. The highest BCUT2D eigenvalue weighted by Gasteiger charge is 2.11. The number of imidazole rings is 1. The van der Waals surface area contributed by atoms with Crippen molar-refractivity contribution in [1.82, 2.24) is 9.55 Å². The molecule has 0 atom stereocenters. The Kier molecular flexibility index (Phi) is 4.29. The Hall–Kier alpha value is -2.80. The van der Waals surface area contributed by atoms with E-state index >= 15 is 0 Å². The molecule has 0 N–H and O–H groups in total. The summed E-state index contributed by atoms with van der Waals surface area (Å²) in [6.07, 6.45) is 0.455.